The molecule has 6 nitrogen and oxygen atoms in total. The molecule has 0 bridgehead atoms. The lowest BCUT2D eigenvalue weighted by molar-refractivity contribution is 0.0644. The first-order valence-electron chi connectivity index (χ1n) is 12.8. The van der Waals surface area contributed by atoms with E-state index in [1.54, 1.807) is 7.11 Å². The van der Waals surface area contributed by atoms with Crippen molar-refractivity contribution in [3.63, 3.8) is 0 Å². The molecule has 1 N–H and O–H groups in total. The number of β-amino-alcohol motifs (C(OH)–C–C–N with tert-alkyl or cyclic N) is 1. The molecule has 2 aliphatic heterocycles. The lowest BCUT2D eigenvalue weighted by atomic mass is 10.1. The maximum atomic E-state index is 10.5. The summed E-state index contributed by atoms with van der Waals surface area (Å²) < 4.78 is 11.6. The van der Waals surface area contributed by atoms with Gasteiger partial charge in [-0.15, -0.1) is 0 Å². The molecule has 32 heavy (non-hydrogen) atoms. The molecule has 1 atom stereocenters. The molecule has 2 saturated heterocycles. The van der Waals surface area contributed by atoms with Gasteiger partial charge in [0.1, 0.15) is 12.7 Å². The van der Waals surface area contributed by atoms with Crippen LogP contribution in [-0.4, -0.2) is 92.0 Å². The molecule has 2 heterocycles. The Hall–Kier alpha value is -1.34. The Kier molecular flexibility index (Phi) is 9.09. The minimum Gasteiger partial charge on any atom is -0.493 e. The number of rotatable bonds is 10. The van der Waals surface area contributed by atoms with E-state index in [1.165, 1.54) is 70.1 Å². The molecular formula is C26H43N3O3. The number of aliphatic hydroxyl groups excluding tert-OH is 1. The average Bonchev–Trinajstić information content (AvgIpc) is 3.60. The first kappa shape index (κ1) is 23.8. The normalized spacial score (nSPS) is 22.8. The number of hydrogen-bond acceptors (Lipinski definition) is 6. The van der Waals surface area contributed by atoms with E-state index in [1.807, 2.05) is 6.07 Å². The van der Waals surface area contributed by atoms with Crippen molar-refractivity contribution in [1.82, 2.24) is 14.7 Å². The third kappa shape index (κ3) is 7.62. The van der Waals surface area contributed by atoms with Crippen LogP contribution in [0.15, 0.2) is 18.2 Å². The first-order valence-corrected chi connectivity index (χ1v) is 12.8. The molecule has 0 amide bonds. The van der Waals surface area contributed by atoms with Gasteiger partial charge in [-0.05, 0) is 62.4 Å². The summed E-state index contributed by atoms with van der Waals surface area (Å²) >= 11 is 0. The number of ether oxygens (including phenoxy) is 2. The third-order valence-electron chi connectivity index (χ3n) is 7.16. The molecule has 180 valence electrons. The summed E-state index contributed by atoms with van der Waals surface area (Å²) in [5.74, 6) is 2.45. The summed E-state index contributed by atoms with van der Waals surface area (Å²) in [7, 11) is 1.69. The standard InChI is InChI=1S/C26H43N3O3/c1-31-26-17-23(19-29-15-13-28(14-16-29)18-22-7-8-22)9-10-25(26)32-21-24(30)20-27-11-5-3-2-4-6-12-27/h9-10,17,22,24,30H,2-8,11-16,18-21H2,1H3/t24-/m1/s1. The number of nitrogens with zero attached hydrogens (tertiary/aromatic N) is 3. The predicted molar refractivity (Wildman–Crippen MR) is 128 cm³/mol. The van der Waals surface area contributed by atoms with Gasteiger partial charge in [0.05, 0.1) is 7.11 Å². The molecule has 1 saturated carbocycles. The molecule has 4 rings (SSSR count). The summed E-state index contributed by atoms with van der Waals surface area (Å²) in [6.45, 7) is 10.1. The van der Waals surface area contributed by atoms with Crippen molar-refractivity contribution in [2.75, 3.05) is 66.1 Å². The van der Waals surface area contributed by atoms with Gasteiger partial charge in [0.2, 0.25) is 0 Å². The monoisotopic (exact) mass is 445 g/mol. The minimum absolute atomic E-state index is 0.301. The van der Waals surface area contributed by atoms with Crippen molar-refractivity contribution in [3.05, 3.63) is 23.8 Å². The fraction of sp³-hybridized carbons (Fsp3) is 0.769. The Morgan fingerprint density at radius 2 is 1.56 bits per heavy atom. The second-order valence-corrected chi connectivity index (χ2v) is 10.0. The van der Waals surface area contributed by atoms with Gasteiger partial charge in [-0.3, -0.25) is 4.90 Å². The summed E-state index contributed by atoms with van der Waals surface area (Å²) in [6, 6.07) is 6.23. The number of aliphatic hydroxyl groups is 1. The zero-order valence-electron chi connectivity index (χ0n) is 20.0. The van der Waals surface area contributed by atoms with Crippen LogP contribution in [0.5, 0.6) is 11.5 Å². The lowest BCUT2D eigenvalue weighted by Crippen LogP contribution is -2.46. The van der Waals surface area contributed by atoms with Crippen LogP contribution in [0, 0.1) is 5.92 Å². The second kappa shape index (κ2) is 12.2. The molecule has 3 aliphatic rings. The highest BCUT2D eigenvalue weighted by Crippen LogP contribution is 2.31. The van der Waals surface area contributed by atoms with Crippen LogP contribution in [-0.2, 0) is 6.54 Å². The highest BCUT2D eigenvalue weighted by Gasteiger charge is 2.26. The van der Waals surface area contributed by atoms with Crippen molar-refractivity contribution < 1.29 is 14.6 Å². The van der Waals surface area contributed by atoms with Crippen LogP contribution in [0.25, 0.3) is 0 Å². The second-order valence-electron chi connectivity index (χ2n) is 10.0. The third-order valence-corrected chi connectivity index (χ3v) is 7.16. The number of methoxy groups -OCH3 is 1. The van der Waals surface area contributed by atoms with E-state index in [2.05, 4.69) is 26.8 Å². The van der Waals surface area contributed by atoms with E-state index < -0.39 is 6.10 Å². The Labute approximate surface area is 194 Å². The van der Waals surface area contributed by atoms with Crippen molar-refractivity contribution in [2.24, 2.45) is 5.92 Å². The van der Waals surface area contributed by atoms with E-state index in [9.17, 15) is 5.11 Å². The topological polar surface area (TPSA) is 48.4 Å². The van der Waals surface area contributed by atoms with Crippen molar-refractivity contribution in [3.8, 4) is 11.5 Å². The SMILES string of the molecule is COc1cc(CN2CCN(CC3CC3)CC2)ccc1OC[C@H](O)CN1CCCCCCC1. The van der Waals surface area contributed by atoms with Gasteiger partial charge in [-0.25, -0.2) is 0 Å². The van der Waals surface area contributed by atoms with E-state index in [4.69, 9.17) is 9.47 Å². The summed E-state index contributed by atoms with van der Waals surface area (Å²) in [5, 5.41) is 10.5. The molecule has 3 fully saturated rings. The molecule has 1 aromatic carbocycles. The predicted octanol–water partition coefficient (Wildman–Crippen LogP) is 3.23. The van der Waals surface area contributed by atoms with Crippen molar-refractivity contribution in [1.29, 1.82) is 0 Å². The molecule has 1 aromatic rings. The maximum absolute atomic E-state index is 10.5. The molecule has 0 spiro atoms. The highest BCUT2D eigenvalue weighted by molar-refractivity contribution is 5.43. The molecule has 1 aliphatic carbocycles. The molecular weight excluding hydrogens is 402 g/mol. The molecule has 0 unspecified atom stereocenters. The Morgan fingerprint density at radius 3 is 2.25 bits per heavy atom. The molecule has 6 heteroatoms. The van der Waals surface area contributed by atoms with Crippen molar-refractivity contribution in [2.45, 2.75) is 57.6 Å². The number of piperazine rings is 1. The average molecular weight is 446 g/mol. The van der Waals surface area contributed by atoms with E-state index >= 15 is 0 Å². The van der Waals surface area contributed by atoms with Crippen LogP contribution < -0.4 is 9.47 Å². The zero-order chi connectivity index (χ0) is 22.2. The Morgan fingerprint density at radius 1 is 0.875 bits per heavy atom. The number of benzene rings is 1. The highest BCUT2D eigenvalue weighted by atomic mass is 16.5. The smallest absolute Gasteiger partial charge is 0.161 e. The summed E-state index contributed by atoms with van der Waals surface area (Å²) in [5.41, 5.74) is 1.26. The maximum Gasteiger partial charge on any atom is 0.161 e. The van der Waals surface area contributed by atoms with Gasteiger partial charge in [-0.2, -0.15) is 0 Å². The van der Waals surface area contributed by atoms with Gasteiger partial charge in [0.15, 0.2) is 11.5 Å². The largest absolute Gasteiger partial charge is 0.493 e. The number of hydrogen-bond donors (Lipinski definition) is 1. The molecule has 0 aromatic heterocycles. The summed E-state index contributed by atoms with van der Waals surface area (Å²) in [4.78, 5) is 7.55. The zero-order valence-corrected chi connectivity index (χ0v) is 20.0. The Bertz CT molecular complexity index is 681. The van der Waals surface area contributed by atoms with Crippen LogP contribution in [0.1, 0.15) is 50.5 Å². The van der Waals surface area contributed by atoms with E-state index in [-0.39, 0.29) is 0 Å². The van der Waals surface area contributed by atoms with E-state index in [0.29, 0.717) is 13.2 Å². The van der Waals surface area contributed by atoms with Crippen LogP contribution in [0.4, 0.5) is 0 Å². The van der Waals surface area contributed by atoms with Gasteiger partial charge in [0, 0.05) is 45.8 Å². The van der Waals surface area contributed by atoms with Gasteiger partial charge < -0.3 is 24.4 Å². The fourth-order valence-corrected chi connectivity index (χ4v) is 5.02. The first-order chi connectivity index (χ1) is 15.7. The fourth-order valence-electron chi connectivity index (χ4n) is 5.02. The van der Waals surface area contributed by atoms with Crippen molar-refractivity contribution >= 4 is 0 Å². The Balaban J connectivity index is 1.22. The van der Waals surface area contributed by atoms with Gasteiger partial charge >= 0.3 is 0 Å². The molecule has 0 radical (unpaired) electrons. The van der Waals surface area contributed by atoms with E-state index in [0.717, 1.165) is 50.1 Å². The van der Waals surface area contributed by atoms with Crippen LogP contribution >= 0.6 is 0 Å². The minimum atomic E-state index is -0.481. The quantitative estimate of drug-likeness (QED) is 0.597. The van der Waals surface area contributed by atoms with Gasteiger partial charge in [-0.1, -0.05) is 25.3 Å². The van der Waals surface area contributed by atoms with Gasteiger partial charge in [0.25, 0.3) is 0 Å². The number of likely N-dealkylation sites (tertiary alicyclic amines) is 1. The summed E-state index contributed by atoms with van der Waals surface area (Å²) in [6.07, 6.45) is 8.83. The van der Waals surface area contributed by atoms with Crippen LogP contribution in [0.2, 0.25) is 0 Å². The lowest BCUT2D eigenvalue weighted by Gasteiger charge is -2.34. The van der Waals surface area contributed by atoms with Crippen LogP contribution in [0.3, 0.4) is 0 Å².